The highest BCUT2D eigenvalue weighted by Gasteiger charge is 2.68. The third-order valence-electron chi connectivity index (χ3n) is 4.39. The average Bonchev–Trinajstić information content (AvgIpc) is 2.64. The lowest BCUT2D eigenvalue weighted by molar-refractivity contribution is -0.0346. The fraction of sp³-hybridized carbons (Fsp3) is 1.00. The maximum absolute atomic E-state index is 10.7. The minimum atomic E-state index is -0.0388. The van der Waals surface area contributed by atoms with E-state index in [-0.39, 0.29) is 5.54 Å². The number of fused-ring (bicyclic) bond motifs is 1. The molecular formula is C9H13NO. The van der Waals surface area contributed by atoms with E-state index in [1.54, 1.807) is 0 Å². The van der Waals surface area contributed by atoms with E-state index in [0.29, 0.717) is 11.8 Å². The molecule has 4 bridgehead atoms. The molecule has 0 spiro atoms. The van der Waals surface area contributed by atoms with Crippen LogP contribution in [-0.4, -0.2) is 5.54 Å². The van der Waals surface area contributed by atoms with E-state index in [4.69, 9.17) is 0 Å². The normalized spacial score (nSPS) is 58.7. The van der Waals surface area contributed by atoms with Crippen molar-refractivity contribution in [3.63, 3.8) is 0 Å². The highest BCUT2D eigenvalue weighted by atomic mass is 16.3. The lowest BCUT2D eigenvalue weighted by Gasteiger charge is -2.55. The minimum Gasteiger partial charge on any atom is -0.150 e. The number of hydrogen-bond donors (Lipinski definition) is 0. The van der Waals surface area contributed by atoms with E-state index >= 15 is 0 Å². The molecule has 0 aromatic rings. The molecule has 60 valence electrons. The van der Waals surface area contributed by atoms with Gasteiger partial charge in [-0.25, -0.2) is 0 Å². The lowest BCUT2D eigenvalue weighted by atomic mass is 9.51. The molecule has 0 aromatic carbocycles. The quantitative estimate of drug-likeness (QED) is 0.529. The summed E-state index contributed by atoms with van der Waals surface area (Å²) in [5, 5.41) is 3.42. The van der Waals surface area contributed by atoms with E-state index in [1.165, 1.54) is 25.7 Å². The summed E-state index contributed by atoms with van der Waals surface area (Å²) in [6.45, 7) is 0. The molecule has 2 nitrogen and oxygen atoms in total. The Morgan fingerprint density at radius 2 is 1.91 bits per heavy atom. The van der Waals surface area contributed by atoms with Gasteiger partial charge in [0, 0.05) is 0 Å². The van der Waals surface area contributed by atoms with Crippen LogP contribution in [0.3, 0.4) is 0 Å². The highest BCUT2D eigenvalue weighted by molar-refractivity contribution is 5.20. The Labute approximate surface area is 66.3 Å². The first-order valence-corrected chi connectivity index (χ1v) is 4.73. The van der Waals surface area contributed by atoms with Crippen LogP contribution in [0.15, 0.2) is 5.18 Å². The maximum atomic E-state index is 10.7. The van der Waals surface area contributed by atoms with Gasteiger partial charge in [-0.1, -0.05) is 11.6 Å². The summed E-state index contributed by atoms with van der Waals surface area (Å²) in [6, 6.07) is 0. The second-order valence-corrected chi connectivity index (χ2v) is 4.43. The van der Waals surface area contributed by atoms with Gasteiger partial charge in [0.25, 0.3) is 0 Å². The molecule has 4 aliphatic rings. The van der Waals surface area contributed by atoms with Crippen LogP contribution in [0.5, 0.6) is 0 Å². The van der Waals surface area contributed by atoms with Gasteiger partial charge >= 0.3 is 0 Å². The molecule has 0 aromatic heterocycles. The van der Waals surface area contributed by atoms with Crippen molar-refractivity contribution >= 4 is 0 Å². The standard InChI is InChI=1S/C9H13NO/c11-10-9-5-1-2-6-7(9)3-4-8(6)9/h6-8H,1-5H2. The molecule has 0 saturated heterocycles. The monoisotopic (exact) mass is 151 g/mol. The summed E-state index contributed by atoms with van der Waals surface area (Å²) in [6.07, 6.45) is 6.32. The van der Waals surface area contributed by atoms with Crippen molar-refractivity contribution in [3.05, 3.63) is 4.91 Å². The van der Waals surface area contributed by atoms with Gasteiger partial charge in [-0.05, 0) is 43.4 Å². The van der Waals surface area contributed by atoms with Crippen LogP contribution in [0.1, 0.15) is 32.1 Å². The second kappa shape index (κ2) is 1.67. The Hall–Kier alpha value is -0.400. The van der Waals surface area contributed by atoms with Crippen LogP contribution in [-0.2, 0) is 0 Å². The van der Waals surface area contributed by atoms with Crippen LogP contribution >= 0.6 is 0 Å². The van der Waals surface area contributed by atoms with Crippen molar-refractivity contribution in [1.82, 2.24) is 0 Å². The molecule has 0 amide bonds. The molecule has 4 fully saturated rings. The van der Waals surface area contributed by atoms with Crippen LogP contribution in [0.4, 0.5) is 0 Å². The summed E-state index contributed by atoms with van der Waals surface area (Å²) >= 11 is 0. The fourth-order valence-electron chi connectivity index (χ4n) is 4.04. The smallest absolute Gasteiger partial charge is 0.109 e. The fourth-order valence-corrected chi connectivity index (χ4v) is 4.04. The van der Waals surface area contributed by atoms with Gasteiger partial charge in [-0.15, -0.1) is 0 Å². The molecule has 11 heavy (non-hydrogen) atoms. The number of nitrogens with zero attached hydrogens (tertiary/aromatic N) is 1. The maximum Gasteiger partial charge on any atom is 0.109 e. The molecular weight excluding hydrogens is 138 g/mol. The van der Waals surface area contributed by atoms with Crippen LogP contribution < -0.4 is 0 Å². The zero-order chi connectivity index (χ0) is 7.47. The molecule has 0 radical (unpaired) electrons. The summed E-state index contributed by atoms with van der Waals surface area (Å²) in [5.74, 6) is 2.32. The molecule has 0 aliphatic heterocycles. The number of hydrogen-bond acceptors (Lipinski definition) is 2. The molecule has 4 aliphatic carbocycles. The van der Waals surface area contributed by atoms with E-state index < -0.39 is 0 Å². The predicted octanol–water partition coefficient (Wildman–Crippen LogP) is 2.33. The largest absolute Gasteiger partial charge is 0.150 e. The molecule has 4 saturated carbocycles. The van der Waals surface area contributed by atoms with Gasteiger partial charge in [0.1, 0.15) is 5.54 Å². The van der Waals surface area contributed by atoms with E-state index in [2.05, 4.69) is 5.18 Å². The summed E-state index contributed by atoms with van der Waals surface area (Å²) in [4.78, 5) is 10.7. The Morgan fingerprint density at radius 1 is 1.18 bits per heavy atom. The van der Waals surface area contributed by atoms with Crippen molar-refractivity contribution in [2.75, 3.05) is 0 Å². The second-order valence-electron chi connectivity index (χ2n) is 4.43. The van der Waals surface area contributed by atoms with Gasteiger partial charge in [-0.2, -0.15) is 4.91 Å². The Kier molecular flexibility index (Phi) is 0.936. The molecule has 2 atom stereocenters. The Balaban J connectivity index is 2.01. The molecule has 2 unspecified atom stereocenters. The first-order valence-electron chi connectivity index (χ1n) is 4.73. The van der Waals surface area contributed by atoms with Crippen LogP contribution in [0, 0.1) is 22.7 Å². The molecule has 0 heterocycles. The molecule has 4 rings (SSSR count). The van der Waals surface area contributed by atoms with E-state index in [9.17, 15) is 4.91 Å². The summed E-state index contributed by atoms with van der Waals surface area (Å²) in [7, 11) is 0. The molecule has 0 N–H and O–H groups in total. The minimum absolute atomic E-state index is 0.0388. The van der Waals surface area contributed by atoms with E-state index in [0.717, 1.165) is 12.3 Å². The Morgan fingerprint density at radius 3 is 2.45 bits per heavy atom. The zero-order valence-electron chi connectivity index (χ0n) is 6.62. The number of nitroso groups, excluding NO2 is 1. The highest BCUT2D eigenvalue weighted by Crippen LogP contribution is 2.68. The first kappa shape index (κ1) is 6.15. The summed E-state index contributed by atoms with van der Waals surface area (Å²) in [5.41, 5.74) is -0.0388. The van der Waals surface area contributed by atoms with Crippen molar-refractivity contribution in [3.8, 4) is 0 Å². The third-order valence-corrected chi connectivity index (χ3v) is 4.39. The zero-order valence-corrected chi connectivity index (χ0v) is 6.62. The van der Waals surface area contributed by atoms with Gasteiger partial charge in [0.2, 0.25) is 0 Å². The van der Waals surface area contributed by atoms with Gasteiger partial charge < -0.3 is 0 Å². The van der Waals surface area contributed by atoms with Crippen LogP contribution in [0.2, 0.25) is 0 Å². The van der Waals surface area contributed by atoms with E-state index in [1.807, 2.05) is 0 Å². The lowest BCUT2D eigenvalue weighted by Crippen LogP contribution is -2.58. The van der Waals surface area contributed by atoms with Gasteiger partial charge in [-0.3, -0.25) is 0 Å². The van der Waals surface area contributed by atoms with Crippen LogP contribution in [0.25, 0.3) is 0 Å². The Bertz CT molecular complexity index is 202. The first-order chi connectivity index (χ1) is 5.38. The van der Waals surface area contributed by atoms with Gasteiger partial charge in [0.15, 0.2) is 0 Å². The van der Waals surface area contributed by atoms with Crippen molar-refractivity contribution in [1.29, 1.82) is 0 Å². The SMILES string of the molecule is O=NC12CCCC3C1CCC32. The average molecular weight is 151 g/mol. The van der Waals surface area contributed by atoms with Crippen molar-refractivity contribution in [2.24, 2.45) is 22.9 Å². The number of rotatable bonds is 1. The third kappa shape index (κ3) is 0.463. The molecule has 2 heteroatoms. The van der Waals surface area contributed by atoms with Gasteiger partial charge in [0.05, 0.1) is 0 Å². The summed E-state index contributed by atoms with van der Waals surface area (Å²) < 4.78 is 0. The predicted molar refractivity (Wildman–Crippen MR) is 42.1 cm³/mol. The van der Waals surface area contributed by atoms with Crippen molar-refractivity contribution < 1.29 is 0 Å². The van der Waals surface area contributed by atoms with Crippen molar-refractivity contribution in [2.45, 2.75) is 37.6 Å². The topological polar surface area (TPSA) is 29.4 Å².